The van der Waals surface area contributed by atoms with Crippen LogP contribution in [0.15, 0.2) is 48.5 Å². The molecule has 3 rings (SSSR count). The van der Waals surface area contributed by atoms with Gasteiger partial charge in [0.15, 0.2) is 5.41 Å². The second-order valence-corrected chi connectivity index (χ2v) is 5.32. The van der Waals surface area contributed by atoms with Crippen LogP contribution in [0.2, 0.25) is 5.15 Å². The van der Waals surface area contributed by atoms with E-state index in [0.717, 1.165) is 16.9 Å². The zero-order chi connectivity index (χ0) is 15.7. The van der Waals surface area contributed by atoms with Crippen LogP contribution in [0.25, 0.3) is 5.57 Å². The van der Waals surface area contributed by atoms with Gasteiger partial charge in [0.25, 0.3) is 0 Å². The van der Waals surface area contributed by atoms with E-state index in [4.69, 9.17) is 21.1 Å². The number of carbonyl (C=O) groups excluding carboxylic acids is 1. The van der Waals surface area contributed by atoms with Crippen LogP contribution in [0.4, 0.5) is 0 Å². The van der Waals surface area contributed by atoms with Crippen LogP contribution in [-0.4, -0.2) is 25.2 Å². The van der Waals surface area contributed by atoms with E-state index in [1.807, 2.05) is 30.3 Å². The molecule has 2 aromatic rings. The zero-order valence-electron chi connectivity index (χ0n) is 12.2. The number of hydrogen-bond donors (Lipinski definition) is 0. The van der Waals surface area contributed by atoms with Crippen molar-refractivity contribution in [1.82, 2.24) is 4.98 Å². The number of ether oxygens (including phenoxy) is 2. The van der Waals surface area contributed by atoms with Gasteiger partial charge in [-0.2, -0.15) is 0 Å². The van der Waals surface area contributed by atoms with Crippen molar-refractivity contribution in [3.63, 3.8) is 0 Å². The monoisotopic (exact) mass is 315 g/mol. The summed E-state index contributed by atoms with van der Waals surface area (Å²) >= 11 is 5.96. The second kappa shape index (κ2) is 5.46. The Bertz CT molecular complexity index is 755. The highest BCUT2D eigenvalue weighted by atomic mass is 35.5. The van der Waals surface area contributed by atoms with E-state index in [1.54, 1.807) is 25.3 Å². The topological polar surface area (TPSA) is 48.4 Å². The summed E-state index contributed by atoms with van der Waals surface area (Å²) in [6.45, 7) is 0. The van der Waals surface area contributed by atoms with Gasteiger partial charge in [0.2, 0.25) is 0 Å². The molecule has 4 nitrogen and oxygen atoms in total. The van der Waals surface area contributed by atoms with E-state index in [9.17, 15) is 4.79 Å². The van der Waals surface area contributed by atoms with E-state index in [2.05, 4.69) is 4.98 Å². The van der Waals surface area contributed by atoms with Crippen molar-refractivity contribution in [2.24, 2.45) is 0 Å². The zero-order valence-corrected chi connectivity index (χ0v) is 12.9. The summed E-state index contributed by atoms with van der Waals surface area (Å²) in [4.78, 5) is 16.6. The number of halogens is 1. The van der Waals surface area contributed by atoms with E-state index < -0.39 is 5.41 Å². The molecule has 0 saturated carbocycles. The SMILES string of the molecule is COC(=O)C1(c2cccc(Cl)n2)C=C1c1ccc(OC)cc1. The van der Waals surface area contributed by atoms with Gasteiger partial charge in [-0.25, -0.2) is 4.98 Å². The third-order valence-corrected chi connectivity index (χ3v) is 3.94. The van der Waals surface area contributed by atoms with E-state index in [0.29, 0.717) is 10.8 Å². The number of aromatic nitrogens is 1. The molecule has 1 aromatic heterocycles. The van der Waals surface area contributed by atoms with Gasteiger partial charge in [0, 0.05) is 0 Å². The summed E-state index contributed by atoms with van der Waals surface area (Å²) < 4.78 is 10.1. The number of rotatable bonds is 4. The van der Waals surface area contributed by atoms with Crippen LogP contribution >= 0.6 is 11.6 Å². The van der Waals surface area contributed by atoms with Gasteiger partial charge in [-0.3, -0.25) is 4.79 Å². The van der Waals surface area contributed by atoms with Gasteiger partial charge < -0.3 is 9.47 Å². The molecule has 0 N–H and O–H groups in total. The van der Waals surface area contributed by atoms with E-state index in [1.165, 1.54) is 7.11 Å². The van der Waals surface area contributed by atoms with Crippen LogP contribution in [0.5, 0.6) is 5.75 Å². The fourth-order valence-electron chi connectivity index (χ4n) is 2.54. The Morgan fingerprint density at radius 3 is 2.45 bits per heavy atom. The van der Waals surface area contributed by atoms with Crippen LogP contribution in [0, 0.1) is 0 Å². The van der Waals surface area contributed by atoms with Gasteiger partial charge in [0.1, 0.15) is 10.9 Å². The smallest absolute Gasteiger partial charge is 0.326 e. The van der Waals surface area contributed by atoms with Crippen molar-refractivity contribution in [1.29, 1.82) is 0 Å². The first-order valence-electron chi connectivity index (χ1n) is 6.71. The number of pyridine rings is 1. The Hall–Kier alpha value is -2.33. The molecule has 0 saturated heterocycles. The number of carbonyl (C=O) groups is 1. The molecule has 1 aliphatic rings. The summed E-state index contributed by atoms with van der Waals surface area (Å²) in [6, 6.07) is 12.7. The van der Waals surface area contributed by atoms with Gasteiger partial charge in [-0.1, -0.05) is 35.9 Å². The van der Waals surface area contributed by atoms with Gasteiger partial charge in [-0.05, 0) is 35.4 Å². The minimum atomic E-state index is -0.950. The Balaban J connectivity index is 1.99. The lowest BCUT2D eigenvalue weighted by Gasteiger charge is -2.16. The maximum Gasteiger partial charge on any atom is 0.326 e. The predicted octanol–water partition coefficient (Wildman–Crippen LogP) is 3.25. The highest BCUT2D eigenvalue weighted by Gasteiger charge is 2.55. The lowest BCUT2D eigenvalue weighted by atomic mass is 9.92. The molecule has 5 heteroatoms. The second-order valence-electron chi connectivity index (χ2n) is 4.93. The van der Waals surface area contributed by atoms with Crippen molar-refractivity contribution in [2.75, 3.05) is 14.2 Å². The summed E-state index contributed by atoms with van der Waals surface area (Å²) in [6.07, 6.45) is 1.85. The first-order chi connectivity index (χ1) is 10.6. The number of methoxy groups -OCH3 is 2. The molecule has 0 fully saturated rings. The molecule has 1 unspecified atom stereocenters. The van der Waals surface area contributed by atoms with E-state index >= 15 is 0 Å². The molecule has 0 bridgehead atoms. The Morgan fingerprint density at radius 1 is 1.14 bits per heavy atom. The molecule has 1 heterocycles. The maximum absolute atomic E-state index is 12.3. The van der Waals surface area contributed by atoms with Crippen molar-refractivity contribution >= 4 is 23.1 Å². The number of benzene rings is 1. The standard InChI is InChI=1S/C17H14ClNO3/c1-21-12-8-6-11(7-9-12)13-10-17(13,16(20)22-2)14-4-3-5-15(18)19-14/h3-10H,1-2H3. The van der Waals surface area contributed by atoms with E-state index in [-0.39, 0.29) is 5.97 Å². The Morgan fingerprint density at radius 2 is 1.86 bits per heavy atom. The van der Waals surface area contributed by atoms with Gasteiger partial charge >= 0.3 is 5.97 Å². The highest BCUT2D eigenvalue weighted by molar-refractivity contribution is 6.29. The van der Waals surface area contributed by atoms with Gasteiger partial charge in [0.05, 0.1) is 19.9 Å². The summed E-state index contributed by atoms with van der Waals surface area (Å²) in [5.74, 6) is 0.391. The lowest BCUT2D eigenvalue weighted by Crippen LogP contribution is -2.26. The fraction of sp³-hybridized carbons (Fsp3) is 0.176. The molecule has 1 atom stereocenters. The molecule has 0 aliphatic heterocycles. The molecule has 0 amide bonds. The third kappa shape index (κ3) is 2.25. The molecule has 112 valence electrons. The average Bonchev–Trinajstić information content (AvgIpc) is 3.31. The minimum absolute atomic E-state index is 0.343. The summed E-state index contributed by atoms with van der Waals surface area (Å²) in [5, 5.41) is 0.343. The minimum Gasteiger partial charge on any atom is -0.497 e. The normalized spacial score (nSPS) is 19.3. The first-order valence-corrected chi connectivity index (χ1v) is 7.09. The van der Waals surface area contributed by atoms with Crippen molar-refractivity contribution in [2.45, 2.75) is 5.41 Å². The molecular weight excluding hydrogens is 302 g/mol. The van der Waals surface area contributed by atoms with Crippen molar-refractivity contribution in [3.05, 3.63) is 65.0 Å². The van der Waals surface area contributed by atoms with Crippen molar-refractivity contribution < 1.29 is 14.3 Å². The maximum atomic E-state index is 12.3. The average molecular weight is 316 g/mol. The fourth-order valence-corrected chi connectivity index (χ4v) is 2.70. The quantitative estimate of drug-likeness (QED) is 0.642. The highest BCUT2D eigenvalue weighted by Crippen LogP contribution is 2.53. The molecular formula is C17H14ClNO3. The Labute approximate surface area is 133 Å². The van der Waals surface area contributed by atoms with Crippen molar-refractivity contribution in [3.8, 4) is 5.75 Å². The third-order valence-electron chi connectivity index (χ3n) is 3.73. The van der Waals surface area contributed by atoms with Gasteiger partial charge in [-0.15, -0.1) is 0 Å². The molecule has 0 radical (unpaired) electrons. The summed E-state index contributed by atoms with van der Waals surface area (Å²) in [7, 11) is 2.98. The molecule has 1 aromatic carbocycles. The molecule has 22 heavy (non-hydrogen) atoms. The van der Waals surface area contributed by atoms with Crippen LogP contribution < -0.4 is 4.74 Å². The number of nitrogens with zero attached hydrogens (tertiary/aromatic N) is 1. The van der Waals surface area contributed by atoms with Crippen LogP contribution in [0.1, 0.15) is 11.3 Å². The first kappa shape index (κ1) is 14.6. The summed E-state index contributed by atoms with van der Waals surface area (Å²) in [5.41, 5.74) is 1.40. The Kier molecular flexibility index (Phi) is 3.62. The predicted molar refractivity (Wildman–Crippen MR) is 83.9 cm³/mol. The number of esters is 1. The van der Waals surface area contributed by atoms with Crippen LogP contribution in [0.3, 0.4) is 0 Å². The lowest BCUT2D eigenvalue weighted by molar-refractivity contribution is -0.142. The molecule has 0 spiro atoms. The van der Waals surface area contributed by atoms with Crippen LogP contribution in [-0.2, 0) is 14.9 Å². The largest absolute Gasteiger partial charge is 0.497 e. The molecule has 1 aliphatic carbocycles. The number of hydrogen-bond acceptors (Lipinski definition) is 4.